The van der Waals surface area contributed by atoms with Crippen molar-refractivity contribution in [3.8, 4) is 0 Å². The van der Waals surface area contributed by atoms with Gasteiger partial charge in [-0.3, -0.25) is 5.01 Å². The van der Waals surface area contributed by atoms with Crippen LogP contribution in [0, 0.1) is 0 Å². The van der Waals surface area contributed by atoms with Crippen LogP contribution in [-0.2, 0) is 6.18 Å². The highest BCUT2D eigenvalue weighted by Gasteiger charge is 2.30. The van der Waals surface area contributed by atoms with Crippen molar-refractivity contribution in [1.29, 1.82) is 0 Å². The summed E-state index contributed by atoms with van der Waals surface area (Å²) in [4.78, 5) is 0. The molecule has 0 aliphatic rings. The summed E-state index contributed by atoms with van der Waals surface area (Å²) in [5.41, 5.74) is 3.00. The minimum Gasteiger partial charge on any atom is -0.250 e. The second kappa shape index (κ2) is 4.84. The van der Waals surface area contributed by atoms with Crippen LogP contribution in [0.15, 0.2) is 24.3 Å². The molecule has 0 spiro atoms. The van der Waals surface area contributed by atoms with Crippen LogP contribution in [0.2, 0.25) is 0 Å². The van der Waals surface area contributed by atoms with E-state index in [2.05, 4.69) is 5.43 Å². The summed E-state index contributed by atoms with van der Waals surface area (Å²) in [5, 5.41) is 1.71. The normalized spacial score (nSPS) is 14.2. The third-order valence-corrected chi connectivity index (χ3v) is 2.17. The Hall–Kier alpha value is -1.07. The van der Waals surface area contributed by atoms with Crippen molar-refractivity contribution in [2.45, 2.75) is 19.1 Å². The van der Waals surface area contributed by atoms with Crippen molar-refractivity contribution in [3.63, 3.8) is 0 Å². The zero-order valence-electron chi connectivity index (χ0n) is 9.47. The number of hydrogen-bond donors (Lipinski definition) is 1. The lowest BCUT2D eigenvalue weighted by molar-refractivity contribution is -0.137. The van der Waals surface area contributed by atoms with E-state index in [1.54, 1.807) is 25.2 Å². The van der Waals surface area contributed by atoms with E-state index in [4.69, 9.17) is 0 Å². The van der Waals surface area contributed by atoms with E-state index in [9.17, 15) is 13.2 Å². The van der Waals surface area contributed by atoms with Crippen LogP contribution in [0.1, 0.15) is 24.1 Å². The van der Waals surface area contributed by atoms with Crippen molar-refractivity contribution in [2.75, 3.05) is 14.1 Å². The molecule has 0 aromatic heterocycles. The summed E-state index contributed by atoms with van der Waals surface area (Å²) in [7, 11) is 3.59. The Kier molecular flexibility index (Phi) is 3.93. The zero-order valence-corrected chi connectivity index (χ0v) is 9.47. The van der Waals surface area contributed by atoms with Crippen molar-refractivity contribution in [2.24, 2.45) is 0 Å². The molecule has 0 amide bonds. The molecule has 0 fully saturated rings. The molecule has 0 aliphatic heterocycles. The van der Waals surface area contributed by atoms with Gasteiger partial charge in [-0.1, -0.05) is 12.1 Å². The first-order valence-electron chi connectivity index (χ1n) is 4.91. The number of nitrogens with zero attached hydrogens (tertiary/aromatic N) is 1. The first-order valence-corrected chi connectivity index (χ1v) is 4.91. The maximum Gasteiger partial charge on any atom is 0.416 e. The molecule has 5 heteroatoms. The minimum atomic E-state index is -4.28. The number of hydrogen-bond acceptors (Lipinski definition) is 2. The van der Waals surface area contributed by atoms with Crippen LogP contribution in [0.3, 0.4) is 0 Å². The molecule has 1 aromatic rings. The van der Waals surface area contributed by atoms with Gasteiger partial charge >= 0.3 is 6.18 Å². The van der Waals surface area contributed by atoms with Crippen molar-refractivity contribution < 1.29 is 13.2 Å². The van der Waals surface area contributed by atoms with E-state index in [-0.39, 0.29) is 6.04 Å². The predicted octanol–water partition coefficient (Wildman–Crippen LogP) is 2.83. The molecule has 1 N–H and O–H groups in total. The summed E-state index contributed by atoms with van der Waals surface area (Å²) in [6.07, 6.45) is -4.28. The van der Waals surface area contributed by atoms with Crippen LogP contribution in [0.5, 0.6) is 0 Å². The molecule has 1 atom stereocenters. The van der Waals surface area contributed by atoms with E-state index in [0.29, 0.717) is 5.56 Å². The SMILES string of the molecule is CC(NN(C)C)c1cccc(C(F)(F)F)c1. The van der Waals surface area contributed by atoms with Crippen LogP contribution >= 0.6 is 0 Å². The van der Waals surface area contributed by atoms with Gasteiger partial charge in [0.1, 0.15) is 0 Å². The van der Waals surface area contributed by atoms with Gasteiger partial charge in [-0.2, -0.15) is 13.2 Å². The molecule has 0 saturated heterocycles. The molecule has 0 aliphatic carbocycles. The van der Waals surface area contributed by atoms with E-state index < -0.39 is 11.7 Å². The molecule has 0 saturated carbocycles. The van der Waals surface area contributed by atoms with Gasteiger partial charge in [-0.05, 0) is 24.6 Å². The number of hydrazine groups is 1. The van der Waals surface area contributed by atoms with Crippen molar-refractivity contribution in [3.05, 3.63) is 35.4 Å². The van der Waals surface area contributed by atoms with Crippen LogP contribution in [0.25, 0.3) is 0 Å². The van der Waals surface area contributed by atoms with Gasteiger partial charge in [0, 0.05) is 20.1 Å². The average Bonchev–Trinajstić information content (AvgIpc) is 2.15. The Balaban J connectivity index is 2.90. The molecule has 2 nitrogen and oxygen atoms in total. The number of rotatable bonds is 3. The fraction of sp³-hybridized carbons (Fsp3) is 0.455. The largest absolute Gasteiger partial charge is 0.416 e. The predicted molar refractivity (Wildman–Crippen MR) is 56.7 cm³/mol. The number of nitrogens with one attached hydrogen (secondary N) is 1. The van der Waals surface area contributed by atoms with Crippen molar-refractivity contribution >= 4 is 0 Å². The van der Waals surface area contributed by atoms with E-state index >= 15 is 0 Å². The minimum absolute atomic E-state index is 0.155. The third kappa shape index (κ3) is 3.50. The van der Waals surface area contributed by atoms with E-state index in [0.717, 1.165) is 6.07 Å². The molecular formula is C11H15F3N2. The monoisotopic (exact) mass is 232 g/mol. The fourth-order valence-electron chi connectivity index (χ4n) is 1.45. The lowest BCUT2D eigenvalue weighted by Gasteiger charge is -2.20. The first-order chi connectivity index (χ1) is 7.30. The third-order valence-electron chi connectivity index (χ3n) is 2.17. The summed E-state index contributed by atoms with van der Waals surface area (Å²) in [6.45, 7) is 1.81. The van der Waals surface area contributed by atoms with Crippen LogP contribution in [0.4, 0.5) is 13.2 Å². The second-order valence-corrected chi connectivity index (χ2v) is 3.87. The van der Waals surface area contributed by atoms with Gasteiger partial charge in [0.05, 0.1) is 5.56 Å². The zero-order chi connectivity index (χ0) is 12.3. The maximum atomic E-state index is 12.5. The highest BCUT2D eigenvalue weighted by Crippen LogP contribution is 2.30. The summed E-state index contributed by atoms with van der Waals surface area (Å²) < 4.78 is 37.4. The molecular weight excluding hydrogens is 217 g/mol. The molecule has 1 unspecified atom stereocenters. The molecule has 0 bridgehead atoms. The molecule has 0 heterocycles. The van der Waals surface area contributed by atoms with Gasteiger partial charge < -0.3 is 0 Å². The van der Waals surface area contributed by atoms with E-state index in [1.165, 1.54) is 12.1 Å². The van der Waals surface area contributed by atoms with E-state index in [1.807, 2.05) is 6.92 Å². The Labute approximate surface area is 93.0 Å². The van der Waals surface area contributed by atoms with Crippen LogP contribution in [-0.4, -0.2) is 19.1 Å². The first kappa shape index (κ1) is 13.0. The molecule has 90 valence electrons. The number of benzene rings is 1. The summed E-state index contributed by atoms with van der Waals surface area (Å²) >= 11 is 0. The standard InChI is InChI=1S/C11H15F3N2/c1-8(15-16(2)3)9-5-4-6-10(7-9)11(12,13)14/h4-8,15H,1-3H3. The molecule has 0 radical (unpaired) electrons. The Morgan fingerprint density at radius 3 is 2.38 bits per heavy atom. The van der Waals surface area contributed by atoms with Gasteiger partial charge in [0.2, 0.25) is 0 Å². The van der Waals surface area contributed by atoms with Crippen LogP contribution < -0.4 is 5.43 Å². The lowest BCUT2D eigenvalue weighted by Crippen LogP contribution is -2.32. The van der Waals surface area contributed by atoms with Gasteiger partial charge in [-0.25, -0.2) is 5.43 Å². The topological polar surface area (TPSA) is 15.3 Å². The Bertz CT molecular complexity index is 347. The maximum absolute atomic E-state index is 12.5. The van der Waals surface area contributed by atoms with Gasteiger partial charge in [-0.15, -0.1) is 0 Å². The quantitative estimate of drug-likeness (QED) is 0.806. The lowest BCUT2D eigenvalue weighted by atomic mass is 10.1. The van der Waals surface area contributed by atoms with Gasteiger partial charge in [0.25, 0.3) is 0 Å². The molecule has 1 aromatic carbocycles. The summed E-state index contributed by atoms with van der Waals surface area (Å²) in [6, 6.07) is 5.19. The Morgan fingerprint density at radius 1 is 1.25 bits per heavy atom. The average molecular weight is 232 g/mol. The fourth-order valence-corrected chi connectivity index (χ4v) is 1.45. The highest BCUT2D eigenvalue weighted by molar-refractivity contribution is 5.27. The molecule has 16 heavy (non-hydrogen) atoms. The summed E-state index contributed by atoms with van der Waals surface area (Å²) in [5.74, 6) is 0. The smallest absolute Gasteiger partial charge is 0.250 e. The highest BCUT2D eigenvalue weighted by atomic mass is 19.4. The van der Waals surface area contributed by atoms with Gasteiger partial charge in [0.15, 0.2) is 0 Å². The second-order valence-electron chi connectivity index (χ2n) is 3.87. The molecule has 1 rings (SSSR count). The Morgan fingerprint density at radius 2 is 1.88 bits per heavy atom. The number of alkyl halides is 3. The van der Waals surface area contributed by atoms with Crippen molar-refractivity contribution in [1.82, 2.24) is 10.4 Å². The number of halogens is 3.